The summed E-state index contributed by atoms with van der Waals surface area (Å²) in [5.41, 5.74) is -0.348. The third-order valence-electron chi connectivity index (χ3n) is 3.46. The topological polar surface area (TPSA) is 15.3 Å². The predicted octanol–water partition coefficient (Wildman–Crippen LogP) is 3.66. The van der Waals surface area contributed by atoms with Crippen molar-refractivity contribution in [3.05, 3.63) is 28.2 Å². The van der Waals surface area contributed by atoms with E-state index in [4.69, 9.17) is 0 Å². The molecule has 1 aliphatic heterocycles. The van der Waals surface area contributed by atoms with Gasteiger partial charge in [0.15, 0.2) is 0 Å². The number of alkyl halides is 3. The van der Waals surface area contributed by atoms with E-state index in [1.165, 1.54) is 12.1 Å². The first kappa shape index (κ1) is 14.7. The first-order valence-electron chi connectivity index (χ1n) is 6.20. The monoisotopic (exact) mass is 336 g/mol. The zero-order chi connectivity index (χ0) is 14.0. The minimum atomic E-state index is -4.33. The molecule has 1 N–H and O–H groups in total. The fourth-order valence-electron chi connectivity index (χ4n) is 2.40. The molecule has 1 saturated heterocycles. The van der Waals surface area contributed by atoms with E-state index < -0.39 is 11.7 Å². The van der Waals surface area contributed by atoms with Gasteiger partial charge in [0.05, 0.1) is 11.3 Å². The van der Waals surface area contributed by atoms with Crippen LogP contribution in [0.1, 0.15) is 18.4 Å². The number of nitrogens with zero attached hydrogens (tertiary/aromatic N) is 1. The van der Waals surface area contributed by atoms with Gasteiger partial charge in [0, 0.05) is 24.1 Å². The van der Waals surface area contributed by atoms with Crippen LogP contribution in [-0.4, -0.2) is 26.2 Å². The van der Waals surface area contributed by atoms with E-state index in [2.05, 4.69) is 21.2 Å². The van der Waals surface area contributed by atoms with Crippen LogP contribution in [0, 0.1) is 0 Å². The minimum Gasteiger partial charge on any atom is -0.370 e. The SMILES string of the molecule is CN(c1cc(Br)ccc1C(F)(F)F)C1CCCNC1. The van der Waals surface area contributed by atoms with Crippen molar-refractivity contribution in [1.82, 2.24) is 5.32 Å². The van der Waals surface area contributed by atoms with Crippen molar-refractivity contribution in [1.29, 1.82) is 0 Å². The second kappa shape index (κ2) is 5.71. The summed E-state index contributed by atoms with van der Waals surface area (Å²) in [5.74, 6) is 0. The molecule has 6 heteroatoms. The van der Waals surface area contributed by atoms with Crippen LogP contribution in [-0.2, 0) is 6.18 Å². The molecule has 1 fully saturated rings. The molecule has 0 saturated carbocycles. The number of nitrogens with one attached hydrogen (secondary N) is 1. The Morgan fingerprint density at radius 1 is 1.37 bits per heavy atom. The number of piperidine rings is 1. The standard InChI is InChI=1S/C13H16BrF3N2/c1-19(10-3-2-6-18-8-10)12-7-9(14)4-5-11(12)13(15,16)17/h4-5,7,10,18H,2-3,6,8H2,1H3. The normalized spacial score (nSPS) is 20.4. The Labute approximate surface area is 119 Å². The second-order valence-electron chi connectivity index (χ2n) is 4.77. The lowest BCUT2D eigenvalue weighted by Gasteiger charge is -2.34. The Morgan fingerprint density at radius 3 is 2.68 bits per heavy atom. The van der Waals surface area contributed by atoms with Crippen molar-refractivity contribution >= 4 is 21.6 Å². The van der Waals surface area contributed by atoms with Crippen LogP contribution in [0.2, 0.25) is 0 Å². The van der Waals surface area contributed by atoms with Crippen molar-refractivity contribution < 1.29 is 13.2 Å². The van der Waals surface area contributed by atoms with Gasteiger partial charge in [0.1, 0.15) is 0 Å². The van der Waals surface area contributed by atoms with Crippen molar-refractivity contribution in [2.75, 3.05) is 25.0 Å². The van der Waals surface area contributed by atoms with Crippen LogP contribution >= 0.6 is 15.9 Å². The Bertz CT molecular complexity index is 442. The van der Waals surface area contributed by atoms with E-state index in [1.807, 2.05) is 0 Å². The van der Waals surface area contributed by atoms with Crippen molar-refractivity contribution in [3.63, 3.8) is 0 Å². The first-order chi connectivity index (χ1) is 8.89. The lowest BCUT2D eigenvalue weighted by Crippen LogP contribution is -2.44. The number of rotatable bonds is 2. The van der Waals surface area contributed by atoms with Crippen LogP contribution < -0.4 is 10.2 Å². The van der Waals surface area contributed by atoms with Crippen molar-refractivity contribution in [3.8, 4) is 0 Å². The van der Waals surface area contributed by atoms with Crippen LogP contribution in [0.15, 0.2) is 22.7 Å². The molecule has 106 valence electrons. The summed E-state index contributed by atoms with van der Waals surface area (Å²) in [6.45, 7) is 1.66. The predicted molar refractivity (Wildman–Crippen MR) is 73.4 cm³/mol. The molecule has 2 rings (SSSR count). The number of hydrogen-bond acceptors (Lipinski definition) is 2. The van der Waals surface area contributed by atoms with E-state index >= 15 is 0 Å². The van der Waals surface area contributed by atoms with E-state index in [1.54, 1.807) is 11.9 Å². The van der Waals surface area contributed by atoms with Crippen LogP contribution in [0.5, 0.6) is 0 Å². The lowest BCUT2D eigenvalue weighted by atomic mass is 10.0. The van der Waals surface area contributed by atoms with Gasteiger partial charge in [0.25, 0.3) is 0 Å². The van der Waals surface area contributed by atoms with Gasteiger partial charge in [-0.3, -0.25) is 0 Å². The fourth-order valence-corrected chi connectivity index (χ4v) is 2.75. The third kappa shape index (κ3) is 3.42. The van der Waals surface area contributed by atoms with Gasteiger partial charge in [-0.05, 0) is 37.6 Å². The molecular formula is C13H16BrF3N2. The number of benzene rings is 1. The number of anilines is 1. The van der Waals surface area contributed by atoms with Gasteiger partial charge in [-0.15, -0.1) is 0 Å². The van der Waals surface area contributed by atoms with E-state index in [0.29, 0.717) is 4.47 Å². The summed E-state index contributed by atoms with van der Waals surface area (Å²) in [5, 5.41) is 3.22. The summed E-state index contributed by atoms with van der Waals surface area (Å²) in [6, 6.07) is 4.20. The summed E-state index contributed by atoms with van der Waals surface area (Å²) < 4.78 is 39.8. The van der Waals surface area contributed by atoms with Gasteiger partial charge in [-0.1, -0.05) is 15.9 Å². The molecule has 1 atom stereocenters. The van der Waals surface area contributed by atoms with E-state index in [9.17, 15) is 13.2 Å². The van der Waals surface area contributed by atoms with Crippen LogP contribution in [0.4, 0.5) is 18.9 Å². The summed E-state index contributed by atoms with van der Waals surface area (Å²) in [7, 11) is 1.73. The van der Waals surface area contributed by atoms with Gasteiger partial charge in [-0.2, -0.15) is 13.2 Å². The maximum Gasteiger partial charge on any atom is 0.418 e. The summed E-state index contributed by atoms with van der Waals surface area (Å²) >= 11 is 3.25. The largest absolute Gasteiger partial charge is 0.418 e. The Kier molecular flexibility index (Phi) is 4.40. The molecule has 1 aromatic rings. The highest BCUT2D eigenvalue weighted by molar-refractivity contribution is 9.10. The molecule has 1 aromatic carbocycles. The number of halogens is 4. The zero-order valence-corrected chi connectivity index (χ0v) is 12.2. The van der Waals surface area contributed by atoms with Gasteiger partial charge < -0.3 is 10.2 Å². The highest BCUT2D eigenvalue weighted by Crippen LogP contribution is 2.38. The molecule has 0 aliphatic carbocycles. The molecule has 0 aromatic heterocycles. The van der Waals surface area contributed by atoms with Gasteiger partial charge >= 0.3 is 6.18 Å². The molecule has 1 aliphatic rings. The maximum atomic E-state index is 13.1. The molecule has 0 spiro atoms. The number of hydrogen-bond donors (Lipinski definition) is 1. The Hall–Kier alpha value is -0.750. The summed E-state index contributed by atoms with van der Waals surface area (Å²) in [6.07, 6.45) is -2.43. The molecule has 0 bridgehead atoms. The molecule has 1 unspecified atom stereocenters. The van der Waals surface area contributed by atoms with Crippen molar-refractivity contribution in [2.24, 2.45) is 0 Å². The van der Waals surface area contributed by atoms with Crippen LogP contribution in [0.25, 0.3) is 0 Å². The quantitative estimate of drug-likeness (QED) is 0.886. The second-order valence-corrected chi connectivity index (χ2v) is 5.69. The van der Waals surface area contributed by atoms with Crippen molar-refractivity contribution in [2.45, 2.75) is 25.1 Å². The molecular weight excluding hydrogens is 321 g/mol. The highest BCUT2D eigenvalue weighted by atomic mass is 79.9. The Morgan fingerprint density at radius 2 is 2.11 bits per heavy atom. The number of likely N-dealkylation sites (N-methyl/N-ethyl adjacent to an activating group) is 1. The average Bonchev–Trinajstić information content (AvgIpc) is 2.37. The van der Waals surface area contributed by atoms with E-state index in [0.717, 1.165) is 32.0 Å². The molecule has 0 radical (unpaired) electrons. The van der Waals surface area contributed by atoms with Gasteiger partial charge in [-0.25, -0.2) is 0 Å². The van der Waals surface area contributed by atoms with E-state index in [-0.39, 0.29) is 11.7 Å². The highest BCUT2D eigenvalue weighted by Gasteiger charge is 2.35. The third-order valence-corrected chi connectivity index (χ3v) is 3.96. The van der Waals surface area contributed by atoms with Crippen LogP contribution in [0.3, 0.4) is 0 Å². The Balaban J connectivity index is 2.33. The smallest absolute Gasteiger partial charge is 0.370 e. The lowest BCUT2D eigenvalue weighted by molar-refractivity contribution is -0.137. The first-order valence-corrected chi connectivity index (χ1v) is 6.99. The molecule has 1 heterocycles. The molecule has 0 amide bonds. The fraction of sp³-hybridized carbons (Fsp3) is 0.538. The molecule has 19 heavy (non-hydrogen) atoms. The zero-order valence-electron chi connectivity index (χ0n) is 10.6. The maximum absolute atomic E-state index is 13.1. The summed E-state index contributed by atoms with van der Waals surface area (Å²) in [4.78, 5) is 1.74. The minimum absolute atomic E-state index is 0.101. The molecule has 2 nitrogen and oxygen atoms in total. The average molecular weight is 337 g/mol. The van der Waals surface area contributed by atoms with Gasteiger partial charge in [0.2, 0.25) is 0 Å².